The van der Waals surface area contributed by atoms with Crippen LogP contribution in [0.4, 0.5) is 10.5 Å². The zero-order valence-corrected chi connectivity index (χ0v) is 11.8. The third-order valence-corrected chi connectivity index (χ3v) is 3.05. The highest BCUT2D eigenvalue weighted by atomic mass is 35.5. The summed E-state index contributed by atoms with van der Waals surface area (Å²) in [5, 5.41) is 3.45. The molecular formula is C12H13Cl2N3O2. The minimum atomic E-state index is -0.568. The summed E-state index contributed by atoms with van der Waals surface area (Å²) >= 11 is 11.7. The normalized spacial score (nSPS) is 14.3. The van der Waals surface area contributed by atoms with Crippen LogP contribution in [-0.2, 0) is 4.74 Å². The molecule has 0 bridgehead atoms. The summed E-state index contributed by atoms with van der Waals surface area (Å²) in [4.78, 5) is 17.8. The molecule has 1 heterocycles. The number of carbonyl (C=O) groups excluding carboxylic acids is 1. The fourth-order valence-electron chi connectivity index (χ4n) is 1.64. The molecule has 0 aliphatic carbocycles. The second-order valence-electron chi connectivity index (χ2n) is 4.08. The molecule has 0 radical (unpaired) electrons. The fourth-order valence-corrected chi connectivity index (χ4v) is 2.17. The van der Waals surface area contributed by atoms with Crippen molar-refractivity contribution in [3.8, 4) is 0 Å². The van der Waals surface area contributed by atoms with Crippen molar-refractivity contribution in [3.63, 3.8) is 0 Å². The maximum absolute atomic E-state index is 11.6. The van der Waals surface area contributed by atoms with Gasteiger partial charge in [-0.3, -0.25) is 10.3 Å². The molecule has 5 nitrogen and oxygen atoms in total. The standard InChI is InChI=1S/C12H13Cl2N3O2/c1-17-3-2-15-11(17)7-19-12(18)16-10-5-8(13)4-9(14)6-10/h4-6H,2-3,7H2,1H3,(H,16,18). The quantitative estimate of drug-likeness (QED) is 0.934. The molecule has 7 heteroatoms. The van der Waals surface area contributed by atoms with Crippen molar-refractivity contribution >= 4 is 40.8 Å². The van der Waals surface area contributed by atoms with Gasteiger partial charge in [-0.2, -0.15) is 0 Å². The number of carbonyl (C=O) groups is 1. The van der Waals surface area contributed by atoms with E-state index in [1.165, 1.54) is 0 Å². The van der Waals surface area contributed by atoms with E-state index in [0.717, 1.165) is 18.9 Å². The van der Waals surface area contributed by atoms with Crippen molar-refractivity contribution in [1.82, 2.24) is 4.90 Å². The number of benzene rings is 1. The molecule has 19 heavy (non-hydrogen) atoms. The van der Waals surface area contributed by atoms with Crippen LogP contribution in [0.5, 0.6) is 0 Å². The van der Waals surface area contributed by atoms with Crippen molar-refractivity contribution in [1.29, 1.82) is 0 Å². The second kappa shape index (κ2) is 6.12. The van der Waals surface area contributed by atoms with Crippen molar-refractivity contribution in [2.45, 2.75) is 0 Å². The summed E-state index contributed by atoms with van der Waals surface area (Å²) in [5.74, 6) is 0.763. The highest BCUT2D eigenvalue weighted by molar-refractivity contribution is 6.35. The van der Waals surface area contributed by atoms with Gasteiger partial charge in [-0.1, -0.05) is 23.2 Å². The van der Waals surface area contributed by atoms with Gasteiger partial charge < -0.3 is 9.64 Å². The molecule has 1 N–H and O–H groups in total. The van der Waals surface area contributed by atoms with Crippen molar-refractivity contribution < 1.29 is 9.53 Å². The number of likely N-dealkylation sites (N-methyl/N-ethyl adjacent to an activating group) is 1. The number of anilines is 1. The summed E-state index contributed by atoms with van der Waals surface area (Å²) in [6.45, 7) is 1.74. The Morgan fingerprint density at radius 3 is 2.68 bits per heavy atom. The van der Waals surface area contributed by atoms with Crippen LogP contribution in [0.25, 0.3) is 0 Å². The van der Waals surface area contributed by atoms with E-state index in [-0.39, 0.29) is 6.61 Å². The molecule has 0 aromatic heterocycles. The summed E-state index contributed by atoms with van der Waals surface area (Å²) in [6, 6.07) is 4.77. The van der Waals surface area contributed by atoms with Gasteiger partial charge in [0.05, 0.1) is 6.54 Å². The Balaban J connectivity index is 1.87. The van der Waals surface area contributed by atoms with Crippen LogP contribution in [0.1, 0.15) is 0 Å². The molecule has 0 saturated carbocycles. The number of amidine groups is 1. The fraction of sp³-hybridized carbons (Fsp3) is 0.333. The van der Waals surface area contributed by atoms with Gasteiger partial charge >= 0.3 is 6.09 Å². The van der Waals surface area contributed by atoms with Gasteiger partial charge in [0.1, 0.15) is 5.84 Å². The number of halogens is 2. The second-order valence-corrected chi connectivity index (χ2v) is 4.95. The van der Waals surface area contributed by atoms with Crippen LogP contribution in [0.3, 0.4) is 0 Å². The molecule has 2 rings (SSSR count). The molecule has 1 aliphatic rings. The van der Waals surface area contributed by atoms with E-state index in [0.29, 0.717) is 15.7 Å². The molecular weight excluding hydrogens is 289 g/mol. The Labute approximate surface area is 121 Å². The lowest BCUT2D eigenvalue weighted by Crippen LogP contribution is -2.28. The van der Waals surface area contributed by atoms with Gasteiger partial charge in [0, 0.05) is 29.3 Å². The van der Waals surface area contributed by atoms with Crippen LogP contribution in [0.2, 0.25) is 10.0 Å². The summed E-state index contributed by atoms with van der Waals surface area (Å²) < 4.78 is 5.07. The summed E-state index contributed by atoms with van der Waals surface area (Å²) in [7, 11) is 1.91. The highest BCUT2D eigenvalue weighted by Crippen LogP contribution is 2.22. The Hall–Kier alpha value is -1.46. The first-order chi connectivity index (χ1) is 9.04. The van der Waals surface area contributed by atoms with Gasteiger partial charge in [-0.05, 0) is 18.2 Å². The summed E-state index contributed by atoms with van der Waals surface area (Å²) in [5.41, 5.74) is 0.490. The van der Waals surface area contributed by atoms with Gasteiger partial charge in [-0.25, -0.2) is 4.79 Å². The Kier molecular flexibility index (Phi) is 4.50. The predicted octanol–water partition coefficient (Wildman–Crippen LogP) is 2.89. The number of nitrogens with zero attached hydrogens (tertiary/aromatic N) is 2. The maximum atomic E-state index is 11.6. The van der Waals surface area contributed by atoms with E-state index < -0.39 is 6.09 Å². The first-order valence-electron chi connectivity index (χ1n) is 5.69. The number of aliphatic imine (C=N–C) groups is 1. The zero-order chi connectivity index (χ0) is 13.8. The highest BCUT2D eigenvalue weighted by Gasteiger charge is 2.14. The lowest BCUT2D eigenvalue weighted by molar-refractivity contribution is 0.175. The van der Waals surface area contributed by atoms with Crippen LogP contribution in [-0.4, -0.2) is 43.6 Å². The molecule has 0 atom stereocenters. The number of hydrogen-bond acceptors (Lipinski definition) is 4. The van der Waals surface area contributed by atoms with E-state index in [2.05, 4.69) is 10.3 Å². The molecule has 0 unspecified atom stereocenters. The maximum Gasteiger partial charge on any atom is 0.412 e. The summed E-state index contributed by atoms with van der Waals surface area (Å²) in [6.07, 6.45) is -0.568. The number of nitrogens with one attached hydrogen (secondary N) is 1. The first-order valence-corrected chi connectivity index (χ1v) is 6.44. The molecule has 0 saturated heterocycles. The number of amides is 1. The lowest BCUT2D eigenvalue weighted by Gasteiger charge is -2.14. The monoisotopic (exact) mass is 301 g/mol. The van der Waals surface area contributed by atoms with Crippen LogP contribution in [0.15, 0.2) is 23.2 Å². The average molecular weight is 302 g/mol. The van der Waals surface area contributed by atoms with Crippen LogP contribution >= 0.6 is 23.2 Å². The molecule has 1 aromatic rings. The largest absolute Gasteiger partial charge is 0.441 e. The van der Waals surface area contributed by atoms with Gasteiger partial charge in [0.25, 0.3) is 0 Å². The first kappa shape index (κ1) is 14.0. The molecule has 102 valence electrons. The smallest absolute Gasteiger partial charge is 0.412 e. The zero-order valence-electron chi connectivity index (χ0n) is 10.3. The molecule has 0 spiro atoms. The van der Waals surface area contributed by atoms with Gasteiger partial charge in [0.15, 0.2) is 6.61 Å². The topological polar surface area (TPSA) is 53.9 Å². The van der Waals surface area contributed by atoms with Crippen molar-refractivity contribution in [3.05, 3.63) is 28.2 Å². The van der Waals surface area contributed by atoms with E-state index in [1.54, 1.807) is 18.2 Å². The average Bonchev–Trinajstić information content (AvgIpc) is 2.71. The van der Waals surface area contributed by atoms with E-state index in [4.69, 9.17) is 27.9 Å². The molecule has 1 amide bonds. The van der Waals surface area contributed by atoms with E-state index in [1.807, 2.05) is 11.9 Å². The van der Waals surface area contributed by atoms with Crippen molar-refractivity contribution in [2.75, 3.05) is 32.1 Å². The predicted molar refractivity (Wildman–Crippen MR) is 76.4 cm³/mol. The number of ether oxygens (including phenoxy) is 1. The molecule has 1 aromatic carbocycles. The van der Waals surface area contributed by atoms with Crippen LogP contribution in [0, 0.1) is 0 Å². The number of rotatable bonds is 3. The SMILES string of the molecule is CN1CCN=C1COC(=O)Nc1cc(Cl)cc(Cl)c1. The van der Waals surface area contributed by atoms with Gasteiger partial charge in [-0.15, -0.1) is 0 Å². The van der Waals surface area contributed by atoms with Gasteiger partial charge in [0.2, 0.25) is 0 Å². The van der Waals surface area contributed by atoms with E-state index in [9.17, 15) is 4.79 Å². The van der Waals surface area contributed by atoms with Crippen molar-refractivity contribution in [2.24, 2.45) is 4.99 Å². The van der Waals surface area contributed by atoms with E-state index >= 15 is 0 Å². The third-order valence-electron chi connectivity index (χ3n) is 2.61. The number of hydrogen-bond donors (Lipinski definition) is 1. The molecule has 0 fully saturated rings. The Morgan fingerprint density at radius 1 is 1.42 bits per heavy atom. The Morgan fingerprint density at radius 2 is 2.11 bits per heavy atom. The Bertz CT molecular complexity index is 499. The third kappa shape index (κ3) is 4.01. The lowest BCUT2D eigenvalue weighted by atomic mass is 10.3. The molecule has 1 aliphatic heterocycles. The van der Waals surface area contributed by atoms with Crippen LogP contribution < -0.4 is 5.32 Å². The minimum absolute atomic E-state index is 0.149. The minimum Gasteiger partial charge on any atom is -0.441 e.